The predicted molar refractivity (Wildman–Crippen MR) is 143 cm³/mol. The van der Waals surface area contributed by atoms with E-state index >= 15 is 0 Å². The second-order valence-corrected chi connectivity index (χ2v) is 12.7. The van der Waals surface area contributed by atoms with Crippen molar-refractivity contribution >= 4 is 29.7 Å². The first-order valence-corrected chi connectivity index (χ1v) is 13.9. The van der Waals surface area contributed by atoms with Gasteiger partial charge in [-0.25, -0.2) is 14.4 Å². The second kappa shape index (κ2) is 9.73. The molecule has 0 amide bonds. The minimum atomic E-state index is -2.33. The largest absolute Gasteiger partial charge is 0.504 e. The number of methoxy groups -OCH3 is 1. The number of ketones is 1. The number of esters is 4. The lowest BCUT2D eigenvalue weighted by Crippen LogP contribution is -2.78. The van der Waals surface area contributed by atoms with Crippen molar-refractivity contribution < 1.29 is 63.0 Å². The number of aliphatic hydroxyl groups excluding tert-OH is 3. The number of aliphatic hydroxyl groups is 3. The van der Waals surface area contributed by atoms with Gasteiger partial charge in [-0.15, -0.1) is 0 Å². The van der Waals surface area contributed by atoms with Crippen LogP contribution in [0.2, 0.25) is 0 Å². The summed E-state index contributed by atoms with van der Waals surface area (Å²) >= 11 is 0. The molecule has 0 aromatic rings. The molecule has 5 rings (SSSR count). The van der Waals surface area contributed by atoms with Crippen molar-refractivity contribution in [3.8, 4) is 0 Å². The maximum absolute atomic E-state index is 13.6. The molecule has 0 aromatic carbocycles. The van der Waals surface area contributed by atoms with Gasteiger partial charge in [0.1, 0.15) is 17.8 Å². The zero-order valence-electron chi connectivity index (χ0n) is 25.0. The van der Waals surface area contributed by atoms with Gasteiger partial charge in [0.15, 0.2) is 5.76 Å². The normalized spacial score (nSPS) is 40.1. The van der Waals surface area contributed by atoms with E-state index < -0.39 is 93.7 Å². The van der Waals surface area contributed by atoms with Gasteiger partial charge in [-0.1, -0.05) is 6.92 Å². The van der Waals surface area contributed by atoms with Crippen LogP contribution in [0.15, 0.2) is 34.6 Å². The first kappa shape index (κ1) is 30.9. The van der Waals surface area contributed by atoms with Crippen molar-refractivity contribution in [2.45, 2.75) is 83.6 Å². The zero-order chi connectivity index (χ0) is 32.0. The summed E-state index contributed by atoms with van der Waals surface area (Å²) in [5, 5.41) is 33.9. The molecule has 2 heterocycles. The average Bonchev–Trinajstić information content (AvgIpc) is 3.21. The number of carbonyl (C=O) groups is 5. The summed E-state index contributed by atoms with van der Waals surface area (Å²) in [6.07, 6.45) is -4.17. The highest BCUT2D eigenvalue weighted by Gasteiger charge is 2.84. The molecule has 0 radical (unpaired) electrons. The molecule has 5 aliphatic rings. The number of hydrogen-bond acceptors (Lipinski definition) is 13. The van der Waals surface area contributed by atoms with Crippen LogP contribution in [0.4, 0.5) is 0 Å². The number of carbonyl (C=O) groups excluding carboxylic acids is 5. The Labute approximate surface area is 247 Å². The standard InChI is InChI=1S/C30H36O13/c1-12(27(4,5)43-14(3)31)8-18(33)42-21-23-29-11-40-30(23,26(38)39-7)24(36)20(35)22(29)28(6)10-16(32)19(34)13(2)15(28)9-17(29)41-25(21)37/h8,10,17,20-24,32,35-36H,9,11H2,1-7H3/b12-8+/t17-,20-,21-,22-,23-,24+,28+,29-,30?/m1/s1. The Balaban J connectivity index is 1.66. The fourth-order valence-corrected chi connectivity index (χ4v) is 8.27. The third kappa shape index (κ3) is 3.97. The Morgan fingerprint density at radius 1 is 1.14 bits per heavy atom. The molecular weight excluding hydrogens is 568 g/mol. The summed E-state index contributed by atoms with van der Waals surface area (Å²) in [6, 6.07) is 0. The van der Waals surface area contributed by atoms with Crippen LogP contribution in [0.25, 0.3) is 0 Å². The van der Waals surface area contributed by atoms with Crippen LogP contribution in [0, 0.1) is 22.7 Å². The number of ether oxygens (including phenoxy) is 5. The summed E-state index contributed by atoms with van der Waals surface area (Å²) in [5.74, 6) is -7.35. The van der Waals surface area contributed by atoms with E-state index in [0.29, 0.717) is 5.57 Å². The van der Waals surface area contributed by atoms with Gasteiger partial charge in [0.05, 0.1) is 25.7 Å². The SMILES string of the molecule is COC(=O)C12OC[C@@]34[C@@H](CC5=C(C)C(=O)C(O)=C[C@]5(C)[C@H]3[C@@H](O)[C@@H]1O)OC(=O)[C@H](OC(=O)/C=C(\C)C(C)(C)OC(C)=O)[C@@H]24. The highest BCUT2D eigenvalue weighted by Crippen LogP contribution is 2.71. The Morgan fingerprint density at radius 3 is 2.40 bits per heavy atom. The van der Waals surface area contributed by atoms with Crippen molar-refractivity contribution in [1.29, 1.82) is 0 Å². The Hall–Kier alpha value is -3.55. The minimum Gasteiger partial charge on any atom is -0.504 e. The molecule has 3 aliphatic carbocycles. The van der Waals surface area contributed by atoms with Crippen LogP contribution in [0.5, 0.6) is 0 Å². The Morgan fingerprint density at radius 2 is 1.79 bits per heavy atom. The van der Waals surface area contributed by atoms with Crippen LogP contribution in [0.3, 0.4) is 0 Å². The Kier molecular flexibility index (Phi) is 6.99. The fourth-order valence-electron chi connectivity index (χ4n) is 8.27. The molecule has 2 bridgehead atoms. The van der Waals surface area contributed by atoms with Gasteiger partial charge in [0.25, 0.3) is 0 Å². The maximum Gasteiger partial charge on any atom is 0.348 e. The third-order valence-corrected chi connectivity index (χ3v) is 10.3. The van der Waals surface area contributed by atoms with Gasteiger partial charge >= 0.3 is 23.9 Å². The number of Topliss-reactive ketones (excluding diaryl/α,β-unsaturated/α-hetero) is 1. The number of hydrogen-bond donors (Lipinski definition) is 3. The summed E-state index contributed by atoms with van der Waals surface area (Å²) < 4.78 is 27.9. The zero-order valence-corrected chi connectivity index (χ0v) is 25.0. The molecule has 13 heteroatoms. The van der Waals surface area contributed by atoms with E-state index in [4.69, 9.17) is 23.7 Å². The van der Waals surface area contributed by atoms with E-state index in [1.165, 1.54) is 26.8 Å². The van der Waals surface area contributed by atoms with Crippen molar-refractivity contribution in [2.75, 3.05) is 13.7 Å². The van der Waals surface area contributed by atoms with Gasteiger partial charge in [-0.05, 0) is 44.9 Å². The third-order valence-electron chi connectivity index (χ3n) is 10.3. The molecule has 0 aromatic heterocycles. The second-order valence-electron chi connectivity index (χ2n) is 12.7. The average molecular weight is 605 g/mol. The first-order chi connectivity index (χ1) is 19.9. The summed E-state index contributed by atoms with van der Waals surface area (Å²) in [5.41, 5.74) is -5.22. The number of rotatable bonds is 5. The van der Waals surface area contributed by atoms with E-state index in [1.807, 2.05) is 0 Å². The molecule has 3 N–H and O–H groups in total. The van der Waals surface area contributed by atoms with Crippen molar-refractivity contribution in [3.05, 3.63) is 34.6 Å². The van der Waals surface area contributed by atoms with Gasteiger partial charge < -0.3 is 39.0 Å². The highest BCUT2D eigenvalue weighted by atomic mass is 16.6. The maximum atomic E-state index is 13.6. The molecule has 2 saturated carbocycles. The van der Waals surface area contributed by atoms with Crippen LogP contribution < -0.4 is 0 Å². The minimum absolute atomic E-state index is 0.00370. The van der Waals surface area contributed by atoms with Crippen molar-refractivity contribution in [2.24, 2.45) is 22.7 Å². The van der Waals surface area contributed by atoms with E-state index in [0.717, 1.165) is 13.2 Å². The van der Waals surface area contributed by atoms with Crippen molar-refractivity contribution in [3.63, 3.8) is 0 Å². The molecule has 2 aliphatic heterocycles. The number of allylic oxidation sites excluding steroid dienone is 2. The summed E-state index contributed by atoms with van der Waals surface area (Å²) in [6.45, 7) is 8.75. The Bertz CT molecular complexity index is 1420. The van der Waals surface area contributed by atoms with E-state index in [9.17, 15) is 39.3 Å². The van der Waals surface area contributed by atoms with Crippen LogP contribution in [0.1, 0.15) is 48.0 Å². The summed E-state index contributed by atoms with van der Waals surface area (Å²) in [7, 11) is 1.05. The first-order valence-electron chi connectivity index (χ1n) is 13.9. The monoisotopic (exact) mass is 604 g/mol. The molecular formula is C30H36O13. The van der Waals surface area contributed by atoms with E-state index in [1.54, 1.807) is 20.8 Å². The molecule has 2 saturated heterocycles. The van der Waals surface area contributed by atoms with E-state index in [2.05, 4.69) is 0 Å². The fraction of sp³-hybridized carbons (Fsp3) is 0.633. The predicted octanol–water partition coefficient (Wildman–Crippen LogP) is 0.759. The highest BCUT2D eigenvalue weighted by molar-refractivity contribution is 6.08. The quantitative estimate of drug-likeness (QED) is 0.227. The van der Waals surface area contributed by atoms with Crippen LogP contribution in [-0.4, -0.2) is 94.3 Å². The van der Waals surface area contributed by atoms with Gasteiger partial charge in [-0.3, -0.25) is 9.59 Å². The molecule has 234 valence electrons. The van der Waals surface area contributed by atoms with Gasteiger partial charge in [0, 0.05) is 41.7 Å². The molecule has 1 unspecified atom stereocenters. The van der Waals surface area contributed by atoms with E-state index in [-0.39, 0.29) is 24.2 Å². The lowest BCUT2D eigenvalue weighted by atomic mass is 9.40. The lowest BCUT2D eigenvalue weighted by molar-refractivity contribution is -0.272. The lowest BCUT2D eigenvalue weighted by Gasteiger charge is -2.65. The smallest absolute Gasteiger partial charge is 0.348 e. The molecule has 9 atom stereocenters. The van der Waals surface area contributed by atoms with Crippen LogP contribution in [-0.2, 0) is 47.7 Å². The molecule has 13 nitrogen and oxygen atoms in total. The summed E-state index contributed by atoms with van der Waals surface area (Å²) in [4.78, 5) is 64.6. The van der Waals surface area contributed by atoms with Gasteiger partial charge in [0.2, 0.25) is 17.5 Å². The molecule has 1 spiro atoms. The van der Waals surface area contributed by atoms with Gasteiger partial charge in [-0.2, -0.15) is 0 Å². The number of fused-ring (bicyclic) bond motifs is 2. The topological polar surface area (TPSA) is 192 Å². The van der Waals surface area contributed by atoms with Crippen molar-refractivity contribution in [1.82, 2.24) is 0 Å². The molecule has 4 fully saturated rings. The molecule has 43 heavy (non-hydrogen) atoms. The van der Waals surface area contributed by atoms with Crippen LogP contribution >= 0.6 is 0 Å².